The lowest BCUT2D eigenvalue weighted by atomic mass is 9.51. The number of hydrogen-bond donors (Lipinski definition) is 0. The Morgan fingerprint density at radius 3 is 2.33 bits per heavy atom. The summed E-state index contributed by atoms with van der Waals surface area (Å²) in [6.07, 6.45) is 7.58. The summed E-state index contributed by atoms with van der Waals surface area (Å²) in [6.45, 7) is 0. The molecule has 4 saturated carbocycles. The maximum absolute atomic E-state index is 12.6. The predicted molar refractivity (Wildman–Crippen MR) is 73.6 cm³/mol. The van der Waals surface area contributed by atoms with Crippen LogP contribution in [0.4, 0.5) is 0 Å². The molecule has 4 fully saturated rings. The molecule has 1 aromatic rings. The lowest BCUT2D eigenvalue weighted by Gasteiger charge is -2.53. The van der Waals surface area contributed by atoms with Crippen LogP contribution in [0.5, 0.6) is 0 Å². The number of Topliss-reactive ketones (excluding diaryl/α,β-unsaturated/α-hetero) is 1. The average Bonchev–Trinajstić information content (AvgIpc) is 2.80. The van der Waals surface area contributed by atoms with Crippen molar-refractivity contribution in [2.75, 3.05) is 0 Å². The molecule has 1 aromatic heterocycles. The topological polar surface area (TPSA) is 17.1 Å². The van der Waals surface area contributed by atoms with Crippen LogP contribution in [0.2, 0.25) is 0 Å². The highest BCUT2D eigenvalue weighted by Crippen LogP contribution is 2.56. The van der Waals surface area contributed by atoms with Gasteiger partial charge in [0.1, 0.15) is 5.78 Å². The van der Waals surface area contributed by atoms with Crippen molar-refractivity contribution in [2.24, 2.45) is 29.6 Å². The fourth-order valence-corrected chi connectivity index (χ4v) is 5.83. The summed E-state index contributed by atoms with van der Waals surface area (Å²) < 4.78 is 0. The predicted octanol–water partition coefficient (Wildman–Crippen LogP) is 3.93. The molecule has 0 N–H and O–H groups in total. The van der Waals surface area contributed by atoms with Gasteiger partial charge in [-0.25, -0.2) is 0 Å². The molecule has 0 saturated heterocycles. The Labute approximate surface area is 113 Å². The summed E-state index contributed by atoms with van der Waals surface area (Å²) in [4.78, 5) is 12.6. The third-order valence-corrected chi connectivity index (χ3v) is 6.29. The fraction of sp³-hybridized carbons (Fsp3) is 0.688. The zero-order valence-corrected chi connectivity index (χ0v) is 11.5. The lowest BCUT2D eigenvalue weighted by Crippen LogP contribution is -2.48. The van der Waals surface area contributed by atoms with Crippen molar-refractivity contribution in [3.05, 3.63) is 22.4 Å². The number of ketones is 1. The highest BCUT2D eigenvalue weighted by atomic mass is 32.1. The first-order valence-electron chi connectivity index (χ1n) is 7.33. The second-order valence-electron chi connectivity index (χ2n) is 6.73. The molecule has 4 bridgehead atoms. The minimum Gasteiger partial charge on any atom is -0.299 e. The summed E-state index contributed by atoms with van der Waals surface area (Å²) in [5.41, 5.74) is 1.24. The van der Waals surface area contributed by atoms with Crippen molar-refractivity contribution in [3.63, 3.8) is 0 Å². The van der Waals surface area contributed by atoms with Crippen LogP contribution in [0.1, 0.15) is 37.7 Å². The summed E-state index contributed by atoms with van der Waals surface area (Å²) in [5.74, 6) is 4.38. The van der Waals surface area contributed by atoms with Crippen LogP contribution >= 0.6 is 11.3 Å². The van der Waals surface area contributed by atoms with Gasteiger partial charge < -0.3 is 0 Å². The summed E-state index contributed by atoms with van der Waals surface area (Å²) in [5, 5.41) is 4.22. The first kappa shape index (κ1) is 11.2. The fourth-order valence-electron chi connectivity index (χ4n) is 5.16. The zero-order chi connectivity index (χ0) is 12.1. The van der Waals surface area contributed by atoms with Gasteiger partial charge in [0.05, 0.1) is 0 Å². The molecule has 1 heterocycles. The van der Waals surface area contributed by atoms with Crippen LogP contribution < -0.4 is 0 Å². The van der Waals surface area contributed by atoms with E-state index in [1.807, 2.05) is 0 Å². The second kappa shape index (κ2) is 4.19. The molecule has 4 aliphatic carbocycles. The van der Waals surface area contributed by atoms with Gasteiger partial charge in [-0.05, 0) is 78.2 Å². The molecule has 2 heteroatoms. The zero-order valence-electron chi connectivity index (χ0n) is 10.7. The monoisotopic (exact) mass is 260 g/mol. The lowest BCUT2D eigenvalue weighted by molar-refractivity contribution is -0.135. The second-order valence-corrected chi connectivity index (χ2v) is 7.51. The molecule has 1 nitrogen and oxygen atoms in total. The van der Waals surface area contributed by atoms with Gasteiger partial charge in [0.15, 0.2) is 0 Å². The number of carbonyl (C=O) groups excluding carboxylic acids is 1. The third-order valence-electron chi connectivity index (χ3n) is 5.56. The van der Waals surface area contributed by atoms with E-state index in [9.17, 15) is 4.79 Å². The van der Waals surface area contributed by atoms with Gasteiger partial charge in [-0.2, -0.15) is 11.3 Å². The normalized spacial score (nSPS) is 41.2. The van der Waals surface area contributed by atoms with Crippen molar-refractivity contribution in [1.82, 2.24) is 0 Å². The average molecular weight is 260 g/mol. The number of carbonyl (C=O) groups is 1. The van der Waals surface area contributed by atoms with E-state index < -0.39 is 0 Å². The molecule has 96 valence electrons. The van der Waals surface area contributed by atoms with Crippen molar-refractivity contribution < 1.29 is 4.79 Å². The van der Waals surface area contributed by atoms with Crippen LogP contribution in [0.15, 0.2) is 16.8 Å². The third kappa shape index (κ3) is 1.77. The van der Waals surface area contributed by atoms with Gasteiger partial charge in [0.2, 0.25) is 0 Å². The molecule has 4 aliphatic rings. The van der Waals surface area contributed by atoms with E-state index in [1.54, 1.807) is 11.3 Å². The molecule has 0 spiro atoms. The largest absolute Gasteiger partial charge is 0.299 e. The molecule has 5 rings (SSSR count). The Balaban J connectivity index is 1.52. The number of thiophene rings is 1. The van der Waals surface area contributed by atoms with E-state index >= 15 is 0 Å². The Kier molecular flexibility index (Phi) is 2.61. The van der Waals surface area contributed by atoms with E-state index in [4.69, 9.17) is 0 Å². The summed E-state index contributed by atoms with van der Waals surface area (Å²) in [6, 6.07) is 2.11. The molecule has 18 heavy (non-hydrogen) atoms. The molecule has 0 atom stereocenters. The van der Waals surface area contributed by atoms with Crippen LogP contribution in [0.25, 0.3) is 0 Å². The maximum atomic E-state index is 12.6. The highest BCUT2D eigenvalue weighted by molar-refractivity contribution is 7.07. The van der Waals surface area contributed by atoms with Gasteiger partial charge in [0, 0.05) is 12.3 Å². The van der Waals surface area contributed by atoms with Crippen molar-refractivity contribution in [2.45, 2.75) is 38.5 Å². The quantitative estimate of drug-likeness (QED) is 0.804. The van der Waals surface area contributed by atoms with E-state index in [2.05, 4.69) is 16.8 Å². The molecular formula is C16H20OS. The van der Waals surface area contributed by atoms with Gasteiger partial charge >= 0.3 is 0 Å². The van der Waals surface area contributed by atoms with Crippen LogP contribution in [0.3, 0.4) is 0 Å². The Bertz CT molecular complexity index is 420. The minimum atomic E-state index is 0.415. The van der Waals surface area contributed by atoms with E-state index in [1.165, 1.54) is 37.7 Å². The molecule has 0 unspecified atom stereocenters. The Morgan fingerprint density at radius 2 is 1.78 bits per heavy atom. The molecule has 0 radical (unpaired) electrons. The number of rotatable bonds is 3. The minimum absolute atomic E-state index is 0.415. The van der Waals surface area contributed by atoms with Crippen LogP contribution in [-0.4, -0.2) is 5.78 Å². The smallest absolute Gasteiger partial charge is 0.140 e. The molecule has 0 amide bonds. The van der Waals surface area contributed by atoms with Crippen molar-refractivity contribution in [1.29, 1.82) is 0 Å². The van der Waals surface area contributed by atoms with Gasteiger partial charge in [-0.3, -0.25) is 4.79 Å². The standard InChI is InChI=1S/C16H20OS/c17-15(8-10-1-2-18-9-10)16-13-4-11-3-12(6-13)7-14(16)5-11/h1-2,9,11-14,16H,3-8H2. The summed E-state index contributed by atoms with van der Waals surface area (Å²) >= 11 is 1.70. The van der Waals surface area contributed by atoms with Crippen LogP contribution in [0, 0.1) is 29.6 Å². The summed E-state index contributed by atoms with van der Waals surface area (Å²) in [7, 11) is 0. The van der Waals surface area contributed by atoms with E-state index in [-0.39, 0.29) is 0 Å². The Hall–Kier alpha value is -0.630. The van der Waals surface area contributed by atoms with Crippen molar-refractivity contribution in [3.8, 4) is 0 Å². The molecule has 0 aromatic carbocycles. The van der Waals surface area contributed by atoms with E-state index in [0.717, 1.165) is 23.7 Å². The molecular weight excluding hydrogens is 240 g/mol. The number of hydrogen-bond acceptors (Lipinski definition) is 2. The van der Waals surface area contributed by atoms with Gasteiger partial charge in [-0.1, -0.05) is 0 Å². The Morgan fingerprint density at radius 1 is 1.11 bits per heavy atom. The highest BCUT2D eigenvalue weighted by Gasteiger charge is 2.50. The van der Waals surface area contributed by atoms with Gasteiger partial charge in [-0.15, -0.1) is 0 Å². The molecule has 0 aliphatic heterocycles. The van der Waals surface area contributed by atoms with Crippen LogP contribution in [-0.2, 0) is 11.2 Å². The maximum Gasteiger partial charge on any atom is 0.140 e. The van der Waals surface area contributed by atoms with Gasteiger partial charge in [0.25, 0.3) is 0 Å². The van der Waals surface area contributed by atoms with Crippen molar-refractivity contribution >= 4 is 17.1 Å². The first-order valence-corrected chi connectivity index (χ1v) is 8.27. The van der Waals surface area contributed by atoms with E-state index in [0.29, 0.717) is 18.1 Å². The first-order chi connectivity index (χ1) is 8.79. The SMILES string of the molecule is O=C(Cc1ccsc1)C1C2CC3CC(C2)CC1C3.